The van der Waals surface area contributed by atoms with Crippen molar-refractivity contribution >= 4 is 23.4 Å². The van der Waals surface area contributed by atoms with Crippen LogP contribution >= 0.6 is 11.3 Å². The summed E-state index contributed by atoms with van der Waals surface area (Å²) in [6.07, 6.45) is 8.99. The molecule has 1 atom stereocenters. The fourth-order valence-corrected chi connectivity index (χ4v) is 6.11. The largest absolute Gasteiger partial charge is 0.486 e. The first kappa shape index (κ1) is 24.3. The van der Waals surface area contributed by atoms with Gasteiger partial charge in [0.25, 0.3) is 0 Å². The molecule has 184 valence electrons. The maximum absolute atomic E-state index is 11.1. The van der Waals surface area contributed by atoms with E-state index in [1.165, 1.54) is 16.0 Å². The Labute approximate surface area is 216 Å². The zero-order chi connectivity index (χ0) is 25.0. The van der Waals surface area contributed by atoms with Gasteiger partial charge in [0, 0.05) is 23.0 Å². The molecule has 1 unspecified atom stereocenters. The summed E-state index contributed by atoms with van der Waals surface area (Å²) in [5.41, 5.74) is 3.97. The molecule has 6 heteroatoms. The second-order valence-corrected chi connectivity index (χ2v) is 10.7. The predicted octanol–water partition coefficient (Wildman–Crippen LogP) is 5.86. The number of thiazole rings is 1. The van der Waals surface area contributed by atoms with Crippen LogP contribution in [0.2, 0.25) is 0 Å². The van der Waals surface area contributed by atoms with Gasteiger partial charge < -0.3 is 9.84 Å². The van der Waals surface area contributed by atoms with Gasteiger partial charge in [-0.1, -0.05) is 54.5 Å². The molecule has 2 aliphatic rings. The average molecular weight is 499 g/mol. The molecule has 36 heavy (non-hydrogen) atoms. The van der Waals surface area contributed by atoms with Gasteiger partial charge in [-0.2, -0.15) is 0 Å². The van der Waals surface area contributed by atoms with Crippen molar-refractivity contribution in [3.63, 3.8) is 0 Å². The maximum atomic E-state index is 11.1. The zero-order valence-corrected chi connectivity index (χ0v) is 21.3. The molecule has 1 aliphatic carbocycles. The van der Waals surface area contributed by atoms with Crippen LogP contribution in [0.4, 0.5) is 0 Å². The molecule has 1 aliphatic heterocycles. The summed E-state index contributed by atoms with van der Waals surface area (Å²) >= 11 is 1.70. The zero-order valence-electron chi connectivity index (χ0n) is 20.4. The minimum Gasteiger partial charge on any atom is -0.486 e. The van der Waals surface area contributed by atoms with E-state index in [1.54, 1.807) is 18.3 Å². The number of rotatable bonds is 8. The molecule has 1 saturated heterocycles. The third-order valence-electron chi connectivity index (χ3n) is 7.15. The van der Waals surface area contributed by atoms with Crippen molar-refractivity contribution in [2.24, 2.45) is 0 Å². The van der Waals surface area contributed by atoms with E-state index in [4.69, 9.17) is 9.84 Å². The lowest BCUT2D eigenvalue weighted by Crippen LogP contribution is -2.40. The van der Waals surface area contributed by atoms with Crippen LogP contribution in [0.3, 0.4) is 0 Å². The third kappa shape index (κ3) is 5.38. The summed E-state index contributed by atoms with van der Waals surface area (Å²) in [4.78, 5) is 19.5. The average Bonchev–Trinajstić information content (AvgIpc) is 3.49. The first-order chi connectivity index (χ1) is 17.5. The van der Waals surface area contributed by atoms with Crippen molar-refractivity contribution < 1.29 is 14.6 Å². The van der Waals surface area contributed by atoms with Gasteiger partial charge in [-0.3, -0.25) is 9.69 Å². The molecule has 0 bridgehead atoms. The number of likely N-dealkylation sites (tertiary alicyclic amines) is 1. The molecule has 1 fully saturated rings. The Morgan fingerprint density at radius 1 is 1.19 bits per heavy atom. The molecule has 0 saturated carbocycles. The summed E-state index contributed by atoms with van der Waals surface area (Å²) in [5.74, 6) is 5.37. The molecular formula is C30H30N2O3S. The van der Waals surface area contributed by atoms with E-state index in [-0.39, 0.29) is 17.8 Å². The Morgan fingerprint density at radius 2 is 1.97 bits per heavy atom. The van der Waals surface area contributed by atoms with Crippen LogP contribution in [-0.2, 0) is 23.4 Å². The van der Waals surface area contributed by atoms with Gasteiger partial charge in [-0.05, 0) is 61.7 Å². The fourth-order valence-electron chi connectivity index (χ4n) is 5.23. The van der Waals surface area contributed by atoms with Gasteiger partial charge in [-0.25, -0.2) is 4.98 Å². The number of aromatic nitrogens is 1. The Kier molecular flexibility index (Phi) is 7.22. The van der Waals surface area contributed by atoms with Crippen LogP contribution < -0.4 is 4.74 Å². The van der Waals surface area contributed by atoms with Crippen LogP contribution in [-0.4, -0.2) is 34.0 Å². The second-order valence-electron chi connectivity index (χ2n) is 9.48. The van der Waals surface area contributed by atoms with E-state index < -0.39 is 5.97 Å². The number of hydrogen-bond acceptors (Lipinski definition) is 5. The SMILES string of the molecule is CC#CC(CC(=O)O)c1ccc(OCc2ncc(CN3CCC4(C=Cc5ccccc54)CC3)s2)cc1. The van der Waals surface area contributed by atoms with E-state index in [2.05, 4.69) is 58.1 Å². The molecule has 1 spiro atoms. The summed E-state index contributed by atoms with van der Waals surface area (Å²) < 4.78 is 5.94. The number of allylic oxidation sites excluding steroid dienone is 1. The number of ether oxygens (including phenoxy) is 1. The number of carboxylic acids is 1. The van der Waals surface area contributed by atoms with Crippen molar-refractivity contribution in [2.45, 2.75) is 50.7 Å². The van der Waals surface area contributed by atoms with Gasteiger partial charge >= 0.3 is 5.97 Å². The Hall–Kier alpha value is -3.40. The molecule has 1 N–H and O–H groups in total. The highest BCUT2D eigenvalue weighted by atomic mass is 32.1. The number of aliphatic carboxylic acids is 1. The minimum atomic E-state index is -0.854. The lowest BCUT2D eigenvalue weighted by molar-refractivity contribution is -0.137. The monoisotopic (exact) mass is 498 g/mol. The van der Waals surface area contributed by atoms with Gasteiger partial charge in [-0.15, -0.1) is 17.3 Å². The van der Waals surface area contributed by atoms with Gasteiger partial charge in [0.2, 0.25) is 0 Å². The molecule has 3 aromatic rings. The van der Waals surface area contributed by atoms with Crippen molar-refractivity contribution in [2.75, 3.05) is 13.1 Å². The highest BCUT2D eigenvalue weighted by molar-refractivity contribution is 7.11. The molecule has 5 nitrogen and oxygen atoms in total. The fraction of sp³-hybridized carbons (Fsp3) is 0.333. The van der Waals surface area contributed by atoms with E-state index in [0.29, 0.717) is 6.61 Å². The predicted molar refractivity (Wildman–Crippen MR) is 143 cm³/mol. The first-order valence-electron chi connectivity index (χ1n) is 12.4. The molecule has 0 amide bonds. The number of benzene rings is 2. The topological polar surface area (TPSA) is 62.7 Å². The van der Waals surface area contributed by atoms with E-state index in [1.807, 2.05) is 30.5 Å². The van der Waals surface area contributed by atoms with E-state index in [9.17, 15) is 4.79 Å². The Morgan fingerprint density at radius 3 is 2.72 bits per heavy atom. The van der Waals surface area contributed by atoms with Crippen LogP contribution in [0.5, 0.6) is 5.75 Å². The highest BCUT2D eigenvalue weighted by Gasteiger charge is 2.37. The van der Waals surface area contributed by atoms with Gasteiger partial charge in [0.15, 0.2) is 0 Å². The van der Waals surface area contributed by atoms with Crippen molar-refractivity contribution in [3.8, 4) is 17.6 Å². The summed E-state index contributed by atoms with van der Waals surface area (Å²) in [6, 6.07) is 16.3. The maximum Gasteiger partial charge on any atom is 0.304 e. The molecule has 2 heterocycles. The smallest absolute Gasteiger partial charge is 0.304 e. The second kappa shape index (κ2) is 10.7. The van der Waals surface area contributed by atoms with Crippen LogP contribution in [0, 0.1) is 11.8 Å². The molecule has 1 aromatic heterocycles. The Balaban J connectivity index is 1.12. The number of piperidine rings is 1. The number of hydrogen-bond donors (Lipinski definition) is 1. The minimum absolute atomic E-state index is 0.00900. The van der Waals surface area contributed by atoms with Crippen molar-refractivity contribution in [1.82, 2.24) is 9.88 Å². The lowest BCUT2D eigenvalue weighted by Gasteiger charge is -2.39. The third-order valence-corrected chi connectivity index (χ3v) is 8.11. The summed E-state index contributed by atoms with van der Waals surface area (Å²) in [6.45, 7) is 5.24. The van der Waals surface area contributed by atoms with Gasteiger partial charge in [0.05, 0.1) is 12.3 Å². The quantitative estimate of drug-likeness (QED) is 0.394. The van der Waals surface area contributed by atoms with E-state index in [0.717, 1.165) is 48.8 Å². The number of carbonyl (C=O) groups is 1. The standard InChI is InChI=1S/C30H30N2O3S/c1-2-5-24(18-29(33)34)22-8-10-25(11-9-22)35-21-28-31-19-26(36-28)20-32-16-14-30(15-17-32)13-12-23-6-3-4-7-27(23)30/h3-4,6-13,19,24H,14-18,20-21H2,1H3,(H,33,34). The van der Waals surface area contributed by atoms with E-state index >= 15 is 0 Å². The number of fused-ring (bicyclic) bond motifs is 2. The number of carboxylic acid groups (broad SMARTS) is 1. The van der Waals surface area contributed by atoms with Crippen LogP contribution in [0.1, 0.15) is 58.7 Å². The summed E-state index contributed by atoms with van der Waals surface area (Å²) in [5, 5.41) is 10.1. The Bertz CT molecular complexity index is 1310. The molecule has 0 radical (unpaired) electrons. The number of nitrogens with zero attached hydrogens (tertiary/aromatic N) is 2. The lowest BCUT2D eigenvalue weighted by atomic mass is 9.74. The van der Waals surface area contributed by atoms with Crippen LogP contribution in [0.15, 0.2) is 60.8 Å². The van der Waals surface area contributed by atoms with Crippen molar-refractivity contribution in [3.05, 3.63) is 87.4 Å². The molecule has 2 aromatic carbocycles. The summed E-state index contributed by atoms with van der Waals surface area (Å²) in [7, 11) is 0. The molecule has 5 rings (SSSR count). The normalized spacial score (nSPS) is 16.8. The first-order valence-corrected chi connectivity index (χ1v) is 13.2. The van der Waals surface area contributed by atoms with Crippen LogP contribution in [0.25, 0.3) is 6.08 Å². The van der Waals surface area contributed by atoms with Gasteiger partial charge in [0.1, 0.15) is 17.4 Å². The molecular weight excluding hydrogens is 468 g/mol. The van der Waals surface area contributed by atoms with Crippen molar-refractivity contribution in [1.29, 1.82) is 0 Å². The highest BCUT2D eigenvalue weighted by Crippen LogP contribution is 2.43.